The summed E-state index contributed by atoms with van der Waals surface area (Å²) in [6.07, 6.45) is 2.16. The van der Waals surface area contributed by atoms with Gasteiger partial charge >= 0.3 is 0 Å². The van der Waals surface area contributed by atoms with Crippen molar-refractivity contribution < 1.29 is 9.59 Å². The first-order valence-corrected chi connectivity index (χ1v) is 6.30. The third-order valence-corrected chi connectivity index (χ3v) is 3.18. The molecule has 7 heteroatoms. The summed E-state index contributed by atoms with van der Waals surface area (Å²) in [6.45, 7) is 2.02. The first kappa shape index (κ1) is 13.4. The lowest BCUT2D eigenvalue weighted by molar-refractivity contribution is -0.132. The molecule has 19 heavy (non-hydrogen) atoms. The highest BCUT2D eigenvalue weighted by atomic mass is 32.1. The Morgan fingerprint density at radius 2 is 2.37 bits per heavy atom. The Hall–Kier alpha value is -2.02. The number of aromatic nitrogens is 1. The van der Waals surface area contributed by atoms with E-state index in [0.29, 0.717) is 17.8 Å². The number of rotatable bonds is 3. The van der Waals surface area contributed by atoms with Crippen LogP contribution in [0.5, 0.6) is 0 Å². The number of hydrogen-bond donors (Lipinski definition) is 2. The van der Waals surface area contributed by atoms with E-state index >= 15 is 0 Å². The minimum atomic E-state index is -0.376. The zero-order valence-corrected chi connectivity index (χ0v) is 11.2. The largest absolute Gasteiger partial charge is 0.388 e. The number of nitrogens with two attached hydrogens (primary N) is 1. The molecule has 1 fully saturated rings. The Bertz CT molecular complexity index is 546. The maximum atomic E-state index is 11.8. The minimum absolute atomic E-state index is 0.130. The normalized spacial score (nSPS) is 19.2. The van der Waals surface area contributed by atoms with Crippen molar-refractivity contribution in [3.8, 4) is 0 Å². The van der Waals surface area contributed by atoms with E-state index in [1.807, 2.05) is 6.92 Å². The van der Waals surface area contributed by atoms with Gasteiger partial charge in [0, 0.05) is 11.9 Å². The smallest absolute Gasteiger partial charge is 0.249 e. The van der Waals surface area contributed by atoms with Crippen molar-refractivity contribution in [3.05, 3.63) is 24.0 Å². The van der Waals surface area contributed by atoms with Gasteiger partial charge in [-0.15, -0.1) is 0 Å². The molecule has 0 saturated carbocycles. The number of anilines is 1. The lowest BCUT2D eigenvalue weighted by Crippen LogP contribution is -2.58. The molecule has 2 heterocycles. The van der Waals surface area contributed by atoms with Crippen LogP contribution in [0.3, 0.4) is 0 Å². The molecule has 100 valence electrons. The van der Waals surface area contributed by atoms with Gasteiger partial charge in [0.05, 0.1) is 12.2 Å². The summed E-state index contributed by atoms with van der Waals surface area (Å²) in [6, 6.07) is 3.05. The molecule has 0 radical (unpaired) electrons. The summed E-state index contributed by atoms with van der Waals surface area (Å²) in [7, 11) is 0. The number of pyridine rings is 1. The van der Waals surface area contributed by atoms with Gasteiger partial charge in [-0.05, 0) is 18.6 Å². The van der Waals surface area contributed by atoms with E-state index in [0.717, 1.165) is 0 Å². The molecular weight excluding hydrogens is 264 g/mol. The Kier molecular flexibility index (Phi) is 3.75. The highest BCUT2D eigenvalue weighted by molar-refractivity contribution is 7.80. The molecule has 1 aliphatic heterocycles. The maximum absolute atomic E-state index is 11.8. The van der Waals surface area contributed by atoms with Crippen molar-refractivity contribution in [2.24, 2.45) is 5.73 Å². The van der Waals surface area contributed by atoms with Gasteiger partial charge in [0.15, 0.2) is 0 Å². The second-order valence-electron chi connectivity index (χ2n) is 4.23. The van der Waals surface area contributed by atoms with Crippen molar-refractivity contribution in [1.82, 2.24) is 10.3 Å². The number of imide groups is 1. The first-order valence-electron chi connectivity index (χ1n) is 5.89. The standard InChI is InChI=1S/C12H14N4O2S/c1-2-9-12(18)15-10(17)6-16(9)7-3-4-14-8(5-7)11(13)19/h3-5,9H,2,6H2,1H3,(H2,13,19)(H,15,17,18). The number of amides is 2. The van der Waals surface area contributed by atoms with Crippen LogP contribution in [0.4, 0.5) is 5.69 Å². The van der Waals surface area contributed by atoms with Gasteiger partial charge in [-0.1, -0.05) is 19.1 Å². The monoisotopic (exact) mass is 278 g/mol. The average Bonchev–Trinajstić information content (AvgIpc) is 2.38. The summed E-state index contributed by atoms with van der Waals surface area (Å²) in [5.41, 5.74) is 6.73. The van der Waals surface area contributed by atoms with E-state index in [1.165, 1.54) is 0 Å². The predicted molar refractivity (Wildman–Crippen MR) is 74.7 cm³/mol. The quantitative estimate of drug-likeness (QED) is 0.595. The molecule has 1 aromatic heterocycles. The van der Waals surface area contributed by atoms with Crippen LogP contribution in [0, 0.1) is 0 Å². The van der Waals surface area contributed by atoms with Crippen molar-refractivity contribution in [3.63, 3.8) is 0 Å². The summed E-state index contributed by atoms with van der Waals surface area (Å²) >= 11 is 4.88. The molecule has 6 nitrogen and oxygen atoms in total. The van der Waals surface area contributed by atoms with Gasteiger partial charge in [-0.25, -0.2) is 0 Å². The van der Waals surface area contributed by atoms with Gasteiger partial charge in [-0.2, -0.15) is 0 Å². The van der Waals surface area contributed by atoms with Gasteiger partial charge < -0.3 is 10.6 Å². The zero-order chi connectivity index (χ0) is 14.0. The van der Waals surface area contributed by atoms with Crippen LogP contribution < -0.4 is 16.0 Å². The van der Waals surface area contributed by atoms with Crippen molar-refractivity contribution in [2.45, 2.75) is 19.4 Å². The number of thiocarbonyl (C=S) groups is 1. The van der Waals surface area contributed by atoms with Crippen LogP contribution in [0.1, 0.15) is 19.0 Å². The first-order chi connectivity index (χ1) is 9.02. The minimum Gasteiger partial charge on any atom is -0.388 e. The third kappa shape index (κ3) is 2.70. The Labute approximate surface area is 116 Å². The summed E-state index contributed by atoms with van der Waals surface area (Å²) in [5.74, 6) is -0.601. The second kappa shape index (κ2) is 5.31. The second-order valence-corrected chi connectivity index (χ2v) is 4.67. The van der Waals surface area contributed by atoms with Crippen molar-refractivity contribution >= 4 is 34.7 Å². The SMILES string of the molecule is CCC1C(=O)NC(=O)CN1c1ccnc(C(N)=S)c1. The van der Waals surface area contributed by atoms with E-state index < -0.39 is 0 Å². The summed E-state index contributed by atoms with van der Waals surface area (Å²) in [5, 5.41) is 2.33. The van der Waals surface area contributed by atoms with Crippen LogP contribution >= 0.6 is 12.2 Å². The molecule has 1 saturated heterocycles. The molecule has 2 rings (SSSR count). The number of nitrogens with one attached hydrogen (secondary N) is 1. The summed E-state index contributed by atoms with van der Waals surface area (Å²) < 4.78 is 0. The fourth-order valence-electron chi connectivity index (χ4n) is 2.08. The fourth-order valence-corrected chi connectivity index (χ4v) is 2.19. The number of piperazine rings is 1. The topological polar surface area (TPSA) is 88.3 Å². The van der Waals surface area contributed by atoms with E-state index in [1.54, 1.807) is 23.2 Å². The molecule has 1 atom stereocenters. The number of hydrogen-bond acceptors (Lipinski definition) is 5. The van der Waals surface area contributed by atoms with Crippen LogP contribution in [-0.2, 0) is 9.59 Å². The zero-order valence-electron chi connectivity index (χ0n) is 10.4. The lowest BCUT2D eigenvalue weighted by Gasteiger charge is -2.35. The average molecular weight is 278 g/mol. The highest BCUT2D eigenvalue weighted by Gasteiger charge is 2.32. The van der Waals surface area contributed by atoms with Gasteiger partial charge in [0.1, 0.15) is 11.0 Å². The molecule has 0 bridgehead atoms. The molecule has 0 spiro atoms. The van der Waals surface area contributed by atoms with Crippen LogP contribution in [0.25, 0.3) is 0 Å². The molecule has 0 aliphatic carbocycles. The molecule has 1 aromatic rings. The predicted octanol–water partition coefficient (Wildman–Crippen LogP) is -0.0428. The van der Waals surface area contributed by atoms with Gasteiger partial charge in [-0.3, -0.25) is 19.9 Å². The molecule has 0 aromatic carbocycles. The van der Waals surface area contributed by atoms with E-state index in [2.05, 4.69) is 10.3 Å². The Morgan fingerprint density at radius 3 is 3.00 bits per heavy atom. The van der Waals surface area contributed by atoms with Gasteiger partial charge in [0.25, 0.3) is 0 Å². The lowest BCUT2D eigenvalue weighted by atomic mass is 10.1. The van der Waals surface area contributed by atoms with Crippen molar-refractivity contribution in [1.29, 1.82) is 0 Å². The van der Waals surface area contributed by atoms with E-state index in [4.69, 9.17) is 18.0 Å². The fraction of sp³-hybridized carbons (Fsp3) is 0.333. The number of carbonyl (C=O) groups is 2. The van der Waals surface area contributed by atoms with Crippen LogP contribution in [-0.4, -0.2) is 34.4 Å². The van der Waals surface area contributed by atoms with Gasteiger partial charge in [0.2, 0.25) is 11.8 Å². The third-order valence-electron chi connectivity index (χ3n) is 2.97. The Morgan fingerprint density at radius 1 is 1.63 bits per heavy atom. The highest BCUT2D eigenvalue weighted by Crippen LogP contribution is 2.21. The molecular formula is C12H14N4O2S. The molecule has 3 N–H and O–H groups in total. The summed E-state index contributed by atoms with van der Waals surface area (Å²) in [4.78, 5) is 29.3. The molecule has 2 amide bonds. The maximum Gasteiger partial charge on any atom is 0.249 e. The van der Waals surface area contributed by atoms with E-state index in [9.17, 15) is 9.59 Å². The number of carbonyl (C=O) groups excluding carboxylic acids is 2. The molecule has 1 unspecified atom stereocenters. The Balaban J connectivity index is 2.37. The van der Waals surface area contributed by atoms with Crippen LogP contribution in [0.15, 0.2) is 18.3 Å². The van der Waals surface area contributed by atoms with Crippen molar-refractivity contribution in [2.75, 3.05) is 11.4 Å². The number of nitrogens with zero attached hydrogens (tertiary/aromatic N) is 2. The van der Waals surface area contributed by atoms with E-state index in [-0.39, 0.29) is 29.4 Å². The van der Waals surface area contributed by atoms with Crippen LogP contribution in [0.2, 0.25) is 0 Å². The molecule has 1 aliphatic rings.